The SMILES string of the molecule is COC(=O)Cc1ccc(Oc2ccc([N+](=O)[O-])cc2-c2cn(C)c(=O)c3[nH]ccc23)cc1. The number of H-pyrrole nitrogens is 1. The molecule has 4 aromatic rings. The van der Waals surface area contributed by atoms with Crippen molar-refractivity contribution in [1.82, 2.24) is 9.55 Å². The van der Waals surface area contributed by atoms with Gasteiger partial charge in [0.05, 0.1) is 18.5 Å². The van der Waals surface area contributed by atoms with Crippen molar-refractivity contribution < 1.29 is 19.2 Å². The van der Waals surface area contributed by atoms with Gasteiger partial charge in [-0.1, -0.05) is 12.1 Å². The second-order valence-electron chi connectivity index (χ2n) is 7.16. The molecule has 0 aliphatic rings. The molecule has 0 aliphatic heterocycles. The van der Waals surface area contributed by atoms with E-state index in [1.807, 2.05) is 0 Å². The number of non-ortho nitro benzene ring substituents is 1. The van der Waals surface area contributed by atoms with Gasteiger partial charge in [-0.2, -0.15) is 0 Å². The van der Waals surface area contributed by atoms with Crippen molar-refractivity contribution in [2.75, 3.05) is 7.11 Å². The number of nitrogens with zero attached hydrogens (tertiary/aromatic N) is 2. The number of nitro groups is 1. The predicted molar refractivity (Wildman–Crippen MR) is 118 cm³/mol. The molecule has 0 unspecified atom stereocenters. The maximum absolute atomic E-state index is 12.4. The summed E-state index contributed by atoms with van der Waals surface area (Å²) in [5.74, 6) is 0.530. The summed E-state index contributed by atoms with van der Waals surface area (Å²) in [6.45, 7) is 0. The van der Waals surface area contributed by atoms with E-state index >= 15 is 0 Å². The van der Waals surface area contributed by atoms with Gasteiger partial charge in [-0.05, 0) is 29.8 Å². The van der Waals surface area contributed by atoms with Gasteiger partial charge in [-0.25, -0.2) is 0 Å². The lowest BCUT2D eigenvalue weighted by Gasteiger charge is -2.13. The van der Waals surface area contributed by atoms with Crippen LogP contribution in [0, 0.1) is 10.1 Å². The van der Waals surface area contributed by atoms with Crippen molar-refractivity contribution in [3.63, 3.8) is 0 Å². The van der Waals surface area contributed by atoms with Crippen LogP contribution >= 0.6 is 0 Å². The third-order valence-corrected chi connectivity index (χ3v) is 5.09. The van der Waals surface area contributed by atoms with Crippen molar-refractivity contribution in [1.29, 1.82) is 0 Å². The van der Waals surface area contributed by atoms with E-state index in [-0.39, 0.29) is 23.6 Å². The van der Waals surface area contributed by atoms with Crippen LogP contribution in [0.25, 0.3) is 22.0 Å². The highest BCUT2D eigenvalue weighted by Crippen LogP contribution is 2.38. The summed E-state index contributed by atoms with van der Waals surface area (Å²) < 4.78 is 12.1. The average molecular weight is 433 g/mol. The number of fused-ring (bicyclic) bond motifs is 1. The van der Waals surface area contributed by atoms with Gasteiger partial charge in [0, 0.05) is 48.1 Å². The number of aromatic amines is 1. The van der Waals surface area contributed by atoms with Crippen LogP contribution in [0.5, 0.6) is 11.5 Å². The Labute approximate surface area is 182 Å². The van der Waals surface area contributed by atoms with Crippen LogP contribution in [0.1, 0.15) is 5.56 Å². The van der Waals surface area contributed by atoms with Gasteiger partial charge in [-0.15, -0.1) is 0 Å². The number of nitrogens with one attached hydrogen (secondary N) is 1. The van der Waals surface area contributed by atoms with E-state index in [1.54, 1.807) is 49.8 Å². The minimum Gasteiger partial charge on any atom is -0.469 e. The lowest BCUT2D eigenvalue weighted by atomic mass is 10.0. The van der Waals surface area contributed by atoms with Crippen molar-refractivity contribution in [2.24, 2.45) is 7.05 Å². The van der Waals surface area contributed by atoms with Crippen LogP contribution in [-0.4, -0.2) is 27.6 Å². The van der Waals surface area contributed by atoms with Crippen molar-refractivity contribution in [2.45, 2.75) is 6.42 Å². The molecular formula is C23H19N3O6. The van der Waals surface area contributed by atoms with Gasteiger partial charge in [0.15, 0.2) is 0 Å². The van der Waals surface area contributed by atoms with E-state index in [4.69, 9.17) is 4.74 Å². The smallest absolute Gasteiger partial charge is 0.309 e. The van der Waals surface area contributed by atoms with Gasteiger partial charge in [0.2, 0.25) is 0 Å². The van der Waals surface area contributed by atoms with E-state index in [2.05, 4.69) is 9.72 Å². The van der Waals surface area contributed by atoms with Gasteiger partial charge < -0.3 is 19.0 Å². The summed E-state index contributed by atoms with van der Waals surface area (Å²) >= 11 is 0. The number of aryl methyl sites for hydroxylation is 1. The van der Waals surface area contributed by atoms with Crippen LogP contribution in [0.2, 0.25) is 0 Å². The molecule has 9 heteroatoms. The van der Waals surface area contributed by atoms with Crippen molar-refractivity contribution in [3.05, 3.63) is 87.0 Å². The molecule has 0 fully saturated rings. The number of carbonyl (C=O) groups is 1. The van der Waals surface area contributed by atoms with Crippen LogP contribution in [-0.2, 0) is 23.0 Å². The zero-order valence-corrected chi connectivity index (χ0v) is 17.3. The van der Waals surface area contributed by atoms with E-state index in [9.17, 15) is 19.7 Å². The van der Waals surface area contributed by atoms with Gasteiger partial charge in [0.1, 0.15) is 17.0 Å². The fourth-order valence-corrected chi connectivity index (χ4v) is 3.46. The van der Waals surface area contributed by atoms with Gasteiger partial charge in [0.25, 0.3) is 11.2 Å². The molecule has 0 saturated carbocycles. The number of pyridine rings is 1. The second-order valence-corrected chi connectivity index (χ2v) is 7.16. The Morgan fingerprint density at radius 3 is 2.56 bits per heavy atom. The summed E-state index contributed by atoms with van der Waals surface area (Å²) in [6, 6.07) is 13.0. The Morgan fingerprint density at radius 1 is 1.12 bits per heavy atom. The third kappa shape index (κ3) is 3.95. The van der Waals surface area contributed by atoms with Crippen molar-refractivity contribution in [3.8, 4) is 22.6 Å². The number of benzene rings is 2. The molecule has 0 atom stereocenters. The quantitative estimate of drug-likeness (QED) is 0.280. The highest BCUT2D eigenvalue weighted by molar-refractivity contribution is 5.96. The largest absolute Gasteiger partial charge is 0.469 e. The van der Waals surface area contributed by atoms with Crippen LogP contribution < -0.4 is 10.3 Å². The monoisotopic (exact) mass is 433 g/mol. The summed E-state index contributed by atoms with van der Waals surface area (Å²) in [7, 11) is 2.95. The molecule has 0 spiro atoms. The van der Waals surface area contributed by atoms with E-state index in [0.717, 1.165) is 5.56 Å². The van der Waals surface area contributed by atoms with Gasteiger partial charge >= 0.3 is 5.97 Å². The first-order valence-corrected chi connectivity index (χ1v) is 9.66. The molecular weight excluding hydrogens is 414 g/mol. The fourth-order valence-electron chi connectivity index (χ4n) is 3.46. The molecule has 0 saturated heterocycles. The highest BCUT2D eigenvalue weighted by atomic mass is 16.6. The first kappa shape index (κ1) is 20.9. The molecule has 32 heavy (non-hydrogen) atoms. The molecule has 1 N–H and O–H groups in total. The molecule has 0 radical (unpaired) electrons. The molecule has 0 bridgehead atoms. The maximum atomic E-state index is 12.4. The number of carbonyl (C=O) groups excluding carboxylic acids is 1. The lowest BCUT2D eigenvalue weighted by Crippen LogP contribution is -2.16. The maximum Gasteiger partial charge on any atom is 0.309 e. The third-order valence-electron chi connectivity index (χ3n) is 5.09. The number of hydrogen-bond donors (Lipinski definition) is 1. The van der Waals surface area contributed by atoms with Crippen LogP contribution in [0.3, 0.4) is 0 Å². The Morgan fingerprint density at radius 2 is 1.88 bits per heavy atom. The first-order valence-electron chi connectivity index (χ1n) is 9.66. The van der Waals surface area contributed by atoms with Gasteiger partial charge in [-0.3, -0.25) is 19.7 Å². The van der Waals surface area contributed by atoms with E-state index < -0.39 is 4.92 Å². The normalized spacial score (nSPS) is 10.8. The van der Waals surface area contributed by atoms with E-state index in [0.29, 0.717) is 33.5 Å². The highest BCUT2D eigenvalue weighted by Gasteiger charge is 2.18. The van der Waals surface area contributed by atoms with Crippen LogP contribution in [0.4, 0.5) is 5.69 Å². The standard InChI is InChI=1S/C23H19N3O6/c1-25-13-19(17-9-10-24-22(17)23(25)28)18-12-15(26(29)30)5-8-20(18)32-16-6-3-14(4-7-16)11-21(27)31-2/h3-10,12-13,24H,11H2,1-2H3. The molecule has 162 valence electrons. The number of methoxy groups -OCH3 is 1. The molecule has 9 nitrogen and oxygen atoms in total. The fraction of sp³-hybridized carbons (Fsp3) is 0.130. The van der Waals surface area contributed by atoms with Crippen molar-refractivity contribution >= 4 is 22.6 Å². The minimum absolute atomic E-state index is 0.0988. The number of ether oxygens (including phenoxy) is 2. The van der Waals surface area contributed by atoms with E-state index in [1.165, 1.54) is 29.9 Å². The second kappa shape index (κ2) is 8.38. The lowest BCUT2D eigenvalue weighted by molar-refractivity contribution is -0.384. The molecule has 4 rings (SSSR count). The number of nitro benzene ring substituents is 1. The summed E-state index contributed by atoms with van der Waals surface area (Å²) in [4.78, 5) is 37.7. The summed E-state index contributed by atoms with van der Waals surface area (Å²) in [6.07, 6.45) is 3.42. The number of hydrogen-bond acceptors (Lipinski definition) is 6. The number of esters is 1. The molecule has 2 heterocycles. The summed E-state index contributed by atoms with van der Waals surface area (Å²) in [5.41, 5.74) is 1.94. The molecule has 0 amide bonds. The number of rotatable bonds is 6. The Balaban J connectivity index is 1.79. The average Bonchev–Trinajstić information content (AvgIpc) is 3.28. The van der Waals surface area contributed by atoms with Crippen LogP contribution in [0.15, 0.2) is 65.7 Å². The Kier molecular flexibility index (Phi) is 5.46. The molecule has 2 aromatic heterocycles. The molecule has 0 aliphatic carbocycles. The Bertz CT molecular complexity index is 1390. The zero-order valence-electron chi connectivity index (χ0n) is 17.3. The Hall–Kier alpha value is -4.40. The molecule has 2 aromatic carbocycles. The predicted octanol–water partition coefficient (Wildman–Crippen LogP) is 3.95. The first-order chi connectivity index (χ1) is 15.4. The minimum atomic E-state index is -0.481. The number of aromatic nitrogens is 2. The summed E-state index contributed by atoms with van der Waals surface area (Å²) in [5, 5.41) is 12.0. The zero-order chi connectivity index (χ0) is 22.8. The topological polar surface area (TPSA) is 116 Å².